The van der Waals surface area contributed by atoms with Crippen LogP contribution in [0.5, 0.6) is 0 Å². The number of nitrogens with one attached hydrogen (secondary N) is 1. The SMILES string of the molecule is FNc1ccc(C2CCCCC2)cc1. The zero-order valence-corrected chi connectivity index (χ0v) is 8.30. The standard InChI is InChI=1S/C12H16FN/c13-14-12-8-6-11(7-9-12)10-4-2-1-3-5-10/h6-10,14H,1-5H2. The third kappa shape index (κ3) is 2.06. The summed E-state index contributed by atoms with van der Waals surface area (Å²) in [6.07, 6.45) is 6.65. The molecule has 1 aromatic rings. The fraction of sp³-hybridized carbons (Fsp3) is 0.500. The normalized spacial score (nSPS) is 18.1. The molecule has 0 aromatic heterocycles. The molecule has 0 spiro atoms. The molecule has 0 saturated heterocycles. The van der Waals surface area contributed by atoms with Crippen LogP contribution in [-0.2, 0) is 0 Å². The maximum absolute atomic E-state index is 12.0. The molecule has 0 bridgehead atoms. The van der Waals surface area contributed by atoms with E-state index in [2.05, 4.69) is 0 Å². The summed E-state index contributed by atoms with van der Waals surface area (Å²) in [5.74, 6) is 0.706. The Morgan fingerprint density at radius 1 is 1.00 bits per heavy atom. The van der Waals surface area contributed by atoms with Crippen LogP contribution < -0.4 is 5.54 Å². The van der Waals surface area contributed by atoms with Gasteiger partial charge in [-0.2, -0.15) is 0 Å². The van der Waals surface area contributed by atoms with E-state index in [-0.39, 0.29) is 0 Å². The molecule has 1 aliphatic rings. The molecule has 0 amide bonds. The molecule has 0 aliphatic heterocycles. The molecule has 14 heavy (non-hydrogen) atoms. The van der Waals surface area contributed by atoms with E-state index in [9.17, 15) is 4.48 Å². The molecule has 2 rings (SSSR count). The first kappa shape index (κ1) is 9.50. The number of benzene rings is 1. The van der Waals surface area contributed by atoms with Gasteiger partial charge in [-0.05, 0) is 36.5 Å². The van der Waals surface area contributed by atoms with Gasteiger partial charge in [-0.25, -0.2) is 5.54 Å². The smallest absolute Gasteiger partial charge is 0.0655 e. The fourth-order valence-corrected chi connectivity index (χ4v) is 2.25. The second-order valence-corrected chi connectivity index (χ2v) is 4.05. The molecule has 0 unspecified atom stereocenters. The quantitative estimate of drug-likeness (QED) is 0.699. The summed E-state index contributed by atoms with van der Waals surface area (Å²) in [6.45, 7) is 0. The van der Waals surface area contributed by atoms with Crippen molar-refractivity contribution in [1.82, 2.24) is 0 Å². The van der Waals surface area contributed by atoms with Gasteiger partial charge in [0.1, 0.15) is 0 Å². The minimum atomic E-state index is 0.546. The van der Waals surface area contributed by atoms with Crippen molar-refractivity contribution in [2.75, 3.05) is 5.54 Å². The molecule has 2 heteroatoms. The molecule has 1 N–H and O–H groups in total. The predicted molar refractivity (Wildman–Crippen MR) is 57.0 cm³/mol. The van der Waals surface area contributed by atoms with E-state index in [1.54, 1.807) is 5.54 Å². The fourth-order valence-electron chi connectivity index (χ4n) is 2.25. The average molecular weight is 193 g/mol. The Bertz CT molecular complexity index is 275. The van der Waals surface area contributed by atoms with Crippen LogP contribution in [0, 0.1) is 0 Å². The molecule has 1 fully saturated rings. The van der Waals surface area contributed by atoms with Gasteiger partial charge in [-0.3, -0.25) is 0 Å². The predicted octanol–water partition coefficient (Wildman–Crippen LogP) is 4.03. The lowest BCUT2D eigenvalue weighted by molar-refractivity contribution is 0.443. The third-order valence-electron chi connectivity index (χ3n) is 3.10. The lowest BCUT2D eigenvalue weighted by Gasteiger charge is -2.21. The van der Waals surface area contributed by atoms with Crippen molar-refractivity contribution in [2.24, 2.45) is 0 Å². The van der Waals surface area contributed by atoms with Gasteiger partial charge in [0.2, 0.25) is 0 Å². The molecule has 0 heterocycles. The van der Waals surface area contributed by atoms with Crippen LogP contribution in [-0.4, -0.2) is 0 Å². The van der Waals surface area contributed by atoms with Crippen molar-refractivity contribution in [2.45, 2.75) is 38.0 Å². The van der Waals surface area contributed by atoms with E-state index in [1.165, 1.54) is 37.7 Å². The Morgan fingerprint density at radius 3 is 2.21 bits per heavy atom. The Labute approximate surface area is 84.3 Å². The first-order chi connectivity index (χ1) is 6.90. The van der Waals surface area contributed by atoms with Crippen LogP contribution >= 0.6 is 0 Å². The van der Waals surface area contributed by atoms with Gasteiger partial charge < -0.3 is 0 Å². The summed E-state index contributed by atoms with van der Waals surface area (Å²) in [5.41, 5.74) is 3.57. The minimum Gasteiger partial charge on any atom is -0.225 e. The Kier molecular flexibility index (Phi) is 3.02. The first-order valence-electron chi connectivity index (χ1n) is 5.37. The highest BCUT2D eigenvalue weighted by Gasteiger charge is 2.14. The van der Waals surface area contributed by atoms with Gasteiger partial charge in [-0.15, -0.1) is 4.48 Å². The highest BCUT2D eigenvalue weighted by molar-refractivity contribution is 5.43. The number of anilines is 1. The summed E-state index contributed by atoms with van der Waals surface area (Å²) < 4.78 is 12.0. The van der Waals surface area contributed by atoms with Crippen molar-refractivity contribution in [3.63, 3.8) is 0 Å². The molecule has 1 aromatic carbocycles. The Hall–Kier alpha value is -1.05. The summed E-state index contributed by atoms with van der Waals surface area (Å²) >= 11 is 0. The summed E-state index contributed by atoms with van der Waals surface area (Å²) in [6, 6.07) is 7.70. The maximum Gasteiger partial charge on any atom is 0.0655 e. The minimum absolute atomic E-state index is 0.546. The number of rotatable bonds is 2. The van der Waals surface area contributed by atoms with Crippen molar-refractivity contribution in [1.29, 1.82) is 0 Å². The zero-order valence-electron chi connectivity index (χ0n) is 8.30. The van der Waals surface area contributed by atoms with Gasteiger partial charge in [0.25, 0.3) is 0 Å². The van der Waals surface area contributed by atoms with Gasteiger partial charge in [0.05, 0.1) is 5.69 Å². The van der Waals surface area contributed by atoms with E-state index < -0.39 is 0 Å². The van der Waals surface area contributed by atoms with Crippen LogP contribution in [0.15, 0.2) is 24.3 Å². The lowest BCUT2D eigenvalue weighted by atomic mass is 9.84. The van der Waals surface area contributed by atoms with Crippen LogP contribution in [0.2, 0.25) is 0 Å². The largest absolute Gasteiger partial charge is 0.225 e. The van der Waals surface area contributed by atoms with Crippen molar-refractivity contribution in [3.8, 4) is 0 Å². The second-order valence-electron chi connectivity index (χ2n) is 4.05. The van der Waals surface area contributed by atoms with Crippen molar-refractivity contribution >= 4 is 5.69 Å². The third-order valence-corrected chi connectivity index (χ3v) is 3.10. The average Bonchev–Trinajstić information content (AvgIpc) is 2.30. The van der Waals surface area contributed by atoms with E-state index in [1.807, 2.05) is 24.3 Å². The van der Waals surface area contributed by atoms with Gasteiger partial charge in [-0.1, -0.05) is 31.4 Å². The van der Waals surface area contributed by atoms with E-state index in [4.69, 9.17) is 0 Å². The highest BCUT2D eigenvalue weighted by Crippen LogP contribution is 2.32. The van der Waals surface area contributed by atoms with E-state index >= 15 is 0 Å². The molecule has 1 saturated carbocycles. The zero-order chi connectivity index (χ0) is 9.80. The highest BCUT2D eigenvalue weighted by atomic mass is 19.2. The molecule has 1 nitrogen and oxygen atoms in total. The number of hydrogen-bond acceptors (Lipinski definition) is 1. The van der Waals surface area contributed by atoms with Gasteiger partial charge in [0.15, 0.2) is 0 Å². The number of hydrogen-bond donors (Lipinski definition) is 1. The van der Waals surface area contributed by atoms with E-state index in [0.29, 0.717) is 11.6 Å². The molecular formula is C12H16FN. The van der Waals surface area contributed by atoms with Gasteiger partial charge >= 0.3 is 0 Å². The monoisotopic (exact) mass is 193 g/mol. The summed E-state index contributed by atoms with van der Waals surface area (Å²) in [4.78, 5) is 0. The van der Waals surface area contributed by atoms with Crippen LogP contribution in [0.25, 0.3) is 0 Å². The van der Waals surface area contributed by atoms with Gasteiger partial charge in [0, 0.05) is 0 Å². The van der Waals surface area contributed by atoms with E-state index in [0.717, 1.165) is 0 Å². The van der Waals surface area contributed by atoms with Crippen molar-refractivity contribution < 1.29 is 4.48 Å². The summed E-state index contributed by atoms with van der Waals surface area (Å²) in [7, 11) is 0. The maximum atomic E-state index is 12.0. The molecular weight excluding hydrogens is 177 g/mol. The molecule has 0 atom stereocenters. The lowest BCUT2D eigenvalue weighted by Crippen LogP contribution is -2.04. The number of halogens is 1. The molecule has 1 aliphatic carbocycles. The summed E-state index contributed by atoms with van der Waals surface area (Å²) in [5, 5.41) is 0. The topological polar surface area (TPSA) is 12.0 Å². The Morgan fingerprint density at radius 2 is 1.64 bits per heavy atom. The van der Waals surface area contributed by atoms with Crippen molar-refractivity contribution in [3.05, 3.63) is 29.8 Å². The Balaban J connectivity index is 2.07. The van der Waals surface area contributed by atoms with Crippen LogP contribution in [0.3, 0.4) is 0 Å². The van der Waals surface area contributed by atoms with Crippen LogP contribution in [0.4, 0.5) is 10.2 Å². The molecule has 76 valence electrons. The molecule has 0 radical (unpaired) electrons. The van der Waals surface area contributed by atoms with Crippen LogP contribution in [0.1, 0.15) is 43.6 Å². The second kappa shape index (κ2) is 4.45. The first-order valence-corrected chi connectivity index (χ1v) is 5.37.